The van der Waals surface area contributed by atoms with Crippen LogP contribution in [0.3, 0.4) is 0 Å². The SMILES string of the molecule is Br.NCC(=O)NCC(=O)Nc1ccc([N+](=O)[O-])cc1C(=O)c1ccccc1Cl. The van der Waals surface area contributed by atoms with Crippen molar-refractivity contribution in [1.29, 1.82) is 0 Å². The van der Waals surface area contributed by atoms with Crippen LogP contribution >= 0.6 is 28.6 Å². The number of nitrogens with two attached hydrogens (primary N) is 1. The lowest BCUT2D eigenvalue weighted by molar-refractivity contribution is -0.384. The van der Waals surface area contributed by atoms with Crippen molar-refractivity contribution in [2.45, 2.75) is 0 Å². The summed E-state index contributed by atoms with van der Waals surface area (Å²) in [5, 5.41) is 15.9. The molecule has 0 radical (unpaired) electrons. The molecule has 0 aliphatic heterocycles. The van der Waals surface area contributed by atoms with Gasteiger partial charge < -0.3 is 16.4 Å². The molecule has 2 rings (SSSR count). The summed E-state index contributed by atoms with van der Waals surface area (Å²) in [6.45, 7) is -0.645. The highest BCUT2D eigenvalue weighted by Crippen LogP contribution is 2.27. The Balaban J connectivity index is 0.00000392. The number of hydrogen-bond donors (Lipinski definition) is 3. The van der Waals surface area contributed by atoms with Crippen LogP contribution in [0.1, 0.15) is 15.9 Å². The third kappa shape index (κ3) is 5.84. The number of nitrogens with zero attached hydrogens (tertiary/aromatic N) is 1. The number of hydrogen-bond acceptors (Lipinski definition) is 6. The Morgan fingerprint density at radius 3 is 2.36 bits per heavy atom. The normalized spacial score (nSPS) is 9.79. The largest absolute Gasteiger partial charge is 0.346 e. The van der Waals surface area contributed by atoms with Crippen molar-refractivity contribution >= 4 is 57.6 Å². The average Bonchev–Trinajstić information content (AvgIpc) is 2.66. The van der Waals surface area contributed by atoms with Gasteiger partial charge in [-0.15, -0.1) is 17.0 Å². The molecule has 28 heavy (non-hydrogen) atoms. The zero-order chi connectivity index (χ0) is 20.0. The smallest absolute Gasteiger partial charge is 0.270 e. The first kappa shape index (κ1) is 23.2. The Kier molecular flexibility index (Phi) is 8.71. The van der Waals surface area contributed by atoms with Crippen LogP contribution in [-0.2, 0) is 9.59 Å². The van der Waals surface area contributed by atoms with Gasteiger partial charge >= 0.3 is 0 Å². The summed E-state index contributed by atoms with van der Waals surface area (Å²) >= 11 is 6.03. The summed E-state index contributed by atoms with van der Waals surface area (Å²) in [6, 6.07) is 9.65. The molecule has 0 bridgehead atoms. The summed E-state index contributed by atoms with van der Waals surface area (Å²) in [4.78, 5) is 46.3. The zero-order valence-electron chi connectivity index (χ0n) is 14.3. The van der Waals surface area contributed by atoms with Gasteiger partial charge in [-0.25, -0.2) is 0 Å². The highest BCUT2D eigenvalue weighted by atomic mass is 79.9. The molecule has 0 atom stereocenters. The van der Waals surface area contributed by atoms with E-state index in [4.69, 9.17) is 17.3 Å². The number of nitro benzene ring substituents is 1. The maximum Gasteiger partial charge on any atom is 0.270 e. The highest BCUT2D eigenvalue weighted by Gasteiger charge is 2.21. The first-order chi connectivity index (χ1) is 12.8. The summed E-state index contributed by atoms with van der Waals surface area (Å²) in [5.74, 6) is -1.74. The van der Waals surface area contributed by atoms with Gasteiger partial charge in [0.15, 0.2) is 5.78 Å². The molecular weight excluding hydrogens is 456 g/mol. The molecular formula is C17H16BrClN4O5. The minimum atomic E-state index is -0.656. The van der Waals surface area contributed by atoms with Crippen LogP contribution in [0, 0.1) is 10.1 Å². The van der Waals surface area contributed by atoms with Crippen LogP contribution < -0.4 is 16.4 Å². The number of amides is 2. The van der Waals surface area contributed by atoms with E-state index in [-0.39, 0.29) is 57.6 Å². The second-order valence-corrected chi connectivity index (χ2v) is 5.73. The van der Waals surface area contributed by atoms with Crippen molar-refractivity contribution in [3.8, 4) is 0 Å². The van der Waals surface area contributed by atoms with Gasteiger partial charge in [0.05, 0.1) is 34.3 Å². The first-order valence-corrected chi connectivity index (χ1v) is 8.05. The number of ketones is 1. The lowest BCUT2D eigenvalue weighted by atomic mass is 10.0. The van der Waals surface area contributed by atoms with Gasteiger partial charge in [0.1, 0.15) is 0 Å². The molecule has 148 valence electrons. The van der Waals surface area contributed by atoms with Gasteiger partial charge in [-0.1, -0.05) is 23.7 Å². The van der Waals surface area contributed by atoms with Crippen molar-refractivity contribution in [3.63, 3.8) is 0 Å². The first-order valence-electron chi connectivity index (χ1n) is 7.67. The van der Waals surface area contributed by atoms with E-state index >= 15 is 0 Å². The number of rotatable bonds is 7. The molecule has 0 unspecified atom stereocenters. The fraction of sp³-hybridized carbons (Fsp3) is 0.118. The predicted molar refractivity (Wildman–Crippen MR) is 109 cm³/mol. The van der Waals surface area contributed by atoms with E-state index in [0.29, 0.717) is 0 Å². The van der Waals surface area contributed by atoms with E-state index in [9.17, 15) is 24.5 Å². The number of carbonyl (C=O) groups excluding carboxylic acids is 3. The number of halogens is 2. The van der Waals surface area contributed by atoms with E-state index in [0.717, 1.165) is 12.1 Å². The fourth-order valence-corrected chi connectivity index (χ4v) is 2.40. The van der Waals surface area contributed by atoms with Gasteiger partial charge in [-0.3, -0.25) is 24.5 Å². The molecule has 0 saturated heterocycles. The number of non-ortho nitro benzene ring substituents is 1. The molecule has 2 aromatic rings. The minimum absolute atomic E-state index is 0. The Hall–Kier alpha value is -2.82. The molecule has 2 amide bonds. The molecule has 0 aliphatic rings. The van der Waals surface area contributed by atoms with E-state index in [2.05, 4.69) is 10.6 Å². The van der Waals surface area contributed by atoms with Crippen LogP contribution in [0.4, 0.5) is 11.4 Å². The van der Waals surface area contributed by atoms with Crippen LogP contribution in [0.2, 0.25) is 5.02 Å². The second-order valence-electron chi connectivity index (χ2n) is 5.32. The average molecular weight is 472 g/mol. The van der Waals surface area contributed by atoms with Crippen LogP contribution in [0.25, 0.3) is 0 Å². The van der Waals surface area contributed by atoms with Crippen molar-refractivity contribution < 1.29 is 19.3 Å². The van der Waals surface area contributed by atoms with Gasteiger partial charge in [0.25, 0.3) is 5.69 Å². The second kappa shape index (κ2) is 10.5. The Bertz CT molecular complexity index is 922. The third-order valence-corrected chi connectivity index (χ3v) is 3.81. The number of nitrogens with one attached hydrogen (secondary N) is 2. The topological polar surface area (TPSA) is 144 Å². The van der Waals surface area contributed by atoms with Crippen LogP contribution in [-0.4, -0.2) is 35.6 Å². The molecule has 0 heterocycles. The van der Waals surface area contributed by atoms with E-state index < -0.39 is 22.5 Å². The van der Waals surface area contributed by atoms with Crippen molar-refractivity contribution in [3.05, 3.63) is 68.7 Å². The number of nitro groups is 1. The van der Waals surface area contributed by atoms with Gasteiger partial charge in [-0.2, -0.15) is 0 Å². The van der Waals surface area contributed by atoms with E-state index in [1.165, 1.54) is 18.2 Å². The fourth-order valence-electron chi connectivity index (χ4n) is 2.18. The summed E-state index contributed by atoms with van der Waals surface area (Å²) in [5.41, 5.74) is 4.90. The van der Waals surface area contributed by atoms with Crippen molar-refractivity contribution in [2.24, 2.45) is 5.73 Å². The third-order valence-electron chi connectivity index (χ3n) is 3.48. The van der Waals surface area contributed by atoms with Crippen molar-refractivity contribution in [2.75, 3.05) is 18.4 Å². The molecule has 0 spiro atoms. The Morgan fingerprint density at radius 1 is 1.07 bits per heavy atom. The maximum absolute atomic E-state index is 12.8. The van der Waals surface area contributed by atoms with Gasteiger partial charge in [0, 0.05) is 17.7 Å². The number of carbonyl (C=O) groups is 3. The molecule has 2 aromatic carbocycles. The maximum atomic E-state index is 12.8. The highest BCUT2D eigenvalue weighted by molar-refractivity contribution is 8.93. The summed E-state index contributed by atoms with van der Waals surface area (Å²) < 4.78 is 0. The Morgan fingerprint density at radius 2 is 1.75 bits per heavy atom. The summed E-state index contributed by atoms with van der Waals surface area (Å²) in [7, 11) is 0. The molecule has 0 aliphatic carbocycles. The van der Waals surface area contributed by atoms with E-state index in [1.807, 2.05) is 0 Å². The molecule has 0 fully saturated rings. The predicted octanol–water partition coefficient (Wildman–Crippen LogP) is 2.07. The molecule has 0 saturated carbocycles. The monoisotopic (exact) mass is 470 g/mol. The molecule has 0 aromatic heterocycles. The number of anilines is 1. The van der Waals surface area contributed by atoms with Gasteiger partial charge in [0.2, 0.25) is 11.8 Å². The lowest BCUT2D eigenvalue weighted by Gasteiger charge is -2.11. The van der Waals surface area contributed by atoms with Crippen molar-refractivity contribution in [1.82, 2.24) is 5.32 Å². The zero-order valence-corrected chi connectivity index (χ0v) is 16.8. The van der Waals surface area contributed by atoms with E-state index in [1.54, 1.807) is 12.1 Å². The lowest BCUT2D eigenvalue weighted by Crippen LogP contribution is -2.36. The Labute approximate surface area is 175 Å². The number of benzene rings is 2. The van der Waals surface area contributed by atoms with Crippen LogP contribution in [0.5, 0.6) is 0 Å². The quantitative estimate of drug-likeness (QED) is 0.320. The molecule has 11 heteroatoms. The standard InChI is InChI=1S/C17H15ClN4O5.BrH/c18-13-4-2-1-3-11(13)17(25)12-7-10(22(26)27)5-6-14(12)21-16(24)9-20-15(23)8-19;/h1-7H,8-9,19H2,(H,20,23)(H,21,24);1H. The minimum Gasteiger partial charge on any atom is -0.346 e. The molecule has 4 N–H and O–H groups in total. The van der Waals surface area contributed by atoms with Gasteiger partial charge in [-0.05, 0) is 18.2 Å². The summed E-state index contributed by atoms with van der Waals surface area (Å²) in [6.07, 6.45) is 0. The molecule has 9 nitrogen and oxygen atoms in total. The van der Waals surface area contributed by atoms with Crippen LogP contribution in [0.15, 0.2) is 42.5 Å².